The lowest BCUT2D eigenvalue weighted by Gasteiger charge is -2.36. The van der Waals surface area contributed by atoms with E-state index >= 15 is 0 Å². The van der Waals surface area contributed by atoms with Gasteiger partial charge in [0.1, 0.15) is 18.9 Å². The van der Waals surface area contributed by atoms with E-state index in [9.17, 15) is 10.1 Å². The lowest BCUT2D eigenvalue weighted by atomic mass is 10.1. The van der Waals surface area contributed by atoms with Gasteiger partial charge in [-0.05, 0) is 29.8 Å². The summed E-state index contributed by atoms with van der Waals surface area (Å²) in [5.41, 5.74) is -0.312. The van der Waals surface area contributed by atoms with E-state index in [0.717, 1.165) is 6.54 Å². The molecule has 1 aromatic rings. The standard InChI is InChI=1S/C12H16BrN3O4/c1-12(2)7-14-5-9(20-12)6-19-11-10(13)3-8(4-15-11)16(17)18/h3-4,9,14H,5-7H2,1-2H3. The average molecular weight is 346 g/mol. The zero-order valence-electron chi connectivity index (χ0n) is 11.3. The van der Waals surface area contributed by atoms with Crippen LogP contribution >= 0.6 is 15.9 Å². The van der Waals surface area contributed by atoms with Crippen molar-refractivity contribution in [2.75, 3.05) is 19.7 Å². The summed E-state index contributed by atoms with van der Waals surface area (Å²) in [5, 5.41) is 13.9. The van der Waals surface area contributed by atoms with Gasteiger partial charge in [-0.1, -0.05) is 0 Å². The highest BCUT2D eigenvalue weighted by Gasteiger charge is 2.28. The number of rotatable bonds is 4. The summed E-state index contributed by atoms with van der Waals surface area (Å²) in [4.78, 5) is 14.0. The third-order valence-corrected chi connectivity index (χ3v) is 3.39. The number of nitrogens with zero attached hydrogens (tertiary/aromatic N) is 2. The van der Waals surface area contributed by atoms with Crippen LogP contribution in [0.3, 0.4) is 0 Å². The third-order valence-electron chi connectivity index (χ3n) is 2.82. The van der Waals surface area contributed by atoms with Gasteiger partial charge in [-0.3, -0.25) is 10.1 Å². The number of nitro groups is 1. The first-order chi connectivity index (χ1) is 9.37. The topological polar surface area (TPSA) is 86.5 Å². The molecule has 110 valence electrons. The Labute approximate surface area is 124 Å². The van der Waals surface area contributed by atoms with Crippen LogP contribution in [0.5, 0.6) is 5.88 Å². The van der Waals surface area contributed by atoms with Gasteiger partial charge in [0.15, 0.2) is 0 Å². The van der Waals surface area contributed by atoms with Crippen LogP contribution in [-0.2, 0) is 4.74 Å². The molecule has 1 unspecified atom stereocenters. The van der Waals surface area contributed by atoms with Gasteiger partial charge in [-0.2, -0.15) is 0 Å². The first-order valence-electron chi connectivity index (χ1n) is 6.19. The van der Waals surface area contributed by atoms with Gasteiger partial charge >= 0.3 is 0 Å². The predicted molar refractivity (Wildman–Crippen MR) is 75.9 cm³/mol. The number of pyridine rings is 1. The Kier molecular flexibility index (Phi) is 4.56. The van der Waals surface area contributed by atoms with Gasteiger partial charge in [-0.25, -0.2) is 4.98 Å². The second kappa shape index (κ2) is 6.02. The smallest absolute Gasteiger partial charge is 0.288 e. The summed E-state index contributed by atoms with van der Waals surface area (Å²) in [6, 6.07) is 1.37. The number of morpholine rings is 1. The first-order valence-corrected chi connectivity index (χ1v) is 6.98. The van der Waals surface area contributed by atoms with Crippen molar-refractivity contribution in [3.8, 4) is 5.88 Å². The number of hydrogen-bond acceptors (Lipinski definition) is 6. The van der Waals surface area contributed by atoms with E-state index in [1.54, 1.807) is 0 Å². The highest BCUT2D eigenvalue weighted by molar-refractivity contribution is 9.10. The van der Waals surface area contributed by atoms with Gasteiger partial charge in [0.05, 0.1) is 15.0 Å². The Hall–Kier alpha value is -1.25. The van der Waals surface area contributed by atoms with Crippen molar-refractivity contribution in [1.29, 1.82) is 0 Å². The van der Waals surface area contributed by atoms with Gasteiger partial charge in [0.25, 0.3) is 5.69 Å². The molecule has 0 saturated carbocycles. The van der Waals surface area contributed by atoms with E-state index in [2.05, 4.69) is 26.2 Å². The molecule has 0 bridgehead atoms. The molecule has 1 fully saturated rings. The van der Waals surface area contributed by atoms with Gasteiger partial charge in [-0.15, -0.1) is 0 Å². The first kappa shape index (κ1) is 15.1. The molecule has 0 spiro atoms. The largest absolute Gasteiger partial charge is 0.474 e. The van der Waals surface area contributed by atoms with E-state index < -0.39 is 4.92 Å². The number of halogens is 1. The molecule has 7 nitrogen and oxygen atoms in total. The van der Waals surface area contributed by atoms with Gasteiger partial charge in [0.2, 0.25) is 5.88 Å². The van der Waals surface area contributed by atoms with Gasteiger partial charge in [0, 0.05) is 19.2 Å². The SMILES string of the molecule is CC1(C)CNCC(COc2ncc([N+](=O)[O-])cc2Br)O1. The van der Waals surface area contributed by atoms with Crippen LogP contribution in [0.25, 0.3) is 0 Å². The quantitative estimate of drug-likeness (QED) is 0.662. The minimum atomic E-state index is -0.502. The van der Waals surface area contributed by atoms with Crippen LogP contribution in [0.4, 0.5) is 5.69 Å². The van der Waals surface area contributed by atoms with Crippen LogP contribution in [0.2, 0.25) is 0 Å². The van der Waals surface area contributed by atoms with E-state index in [1.165, 1.54) is 12.3 Å². The van der Waals surface area contributed by atoms with E-state index in [1.807, 2.05) is 13.8 Å². The Morgan fingerprint density at radius 2 is 2.45 bits per heavy atom. The van der Waals surface area contributed by atoms with Crippen molar-refractivity contribution in [2.45, 2.75) is 25.6 Å². The van der Waals surface area contributed by atoms with Crippen molar-refractivity contribution >= 4 is 21.6 Å². The summed E-state index contributed by atoms with van der Waals surface area (Å²) in [5.74, 6) is 0.322. The molecule has 8 heteroatoms. The van der Waals surface area contributed by atoms with Crippen LogP contribution < -0.4 is 10.1 Å². The van der Waals surface area contributed by atoms with Crippen molar-refractivity contribution in [2.24, 2.45) is 0 Å². The van der Waals surface area contributed by atoms with E-state index in [0.29, 0.717) is 23.5 Å². The number of ether oxygens (including phenoxy) is 2. The zero-order chi connectivity index (χ0) is 14.8. The maximum absolute atomic E-state index is 10.6. The molecule has 2 heterocycles. The molecule has 1 aliphatic rings. The summed E-state index contributed by atoms with van der Waals surface area (Å²) < 4.78 is 11.9. The fourth-order valence-corrected chi connectivity index (χ4v) is 2.41. The lowest BCUT2D eigenvalue weighted by Crippen LogP contribution is -2.52. The molecule has 20 heavy (non-hydrogen) atoms. The Morgan fingerprint density at radius 3 is 3.05 bits per heavy atom. The maximum atomic E-state index is 10.6. The van der Waals surface area contributed by atoms with Crippen molar-refractivity contribution in [1.82, 2.24) is 10.3 Å². The molecular formula is C12H16BrN3O4. The molecule has 0 amide bonds. The lowest BCUT2D eigenvalue weighted by molar-refractivity contribution is -0.385. The van der Waals surface area contributed by atoms with Gasteiger partial charge < -0.3 is 14.8 Å². The Morgan fingerprint density at radius 1 is 1.70 bits per heavy atom. The summed E-state index contributed by atoms with van der Waals surface area (Å²) in [6.45, 7) is 5.84. The fraction of sp³-hybridized carbons (Fsp3) is 0.583. The highest BCUT2D eigenvalue weighted by atomic mass is 79.9. The van der Waals surface area contributed by atoms with Crippen LogP contribution in [0.1, 0.15) is 13.8 Å². The normalized spacial score (nSPS) is 21.4. The average Bonchev–Trinajstić information content (AvgIpc) is 2.36. The van der Waals surface area contributed by atoms with Crippen molar-refractivity contribution < 1.29 is 14.4 Å². The van der Waals surface area contributed by atoms with Crippen molar-refractivity contribution in [3.63, 3.8) is 0 Å². The maximum Gasteiger partial charge on any atom is 0.288 e. The number of hydrogen-bond donors (Lipinski definition) is 1. The summed E-state index contributed by atoms with van der Waals surface area (Å²) in [6.07, 6.45) is 1.09. The molecule has 1 N–H and O–H groups in total. The molecule has 1 atom stereocenters. The molecule has 1 aliphatic heterocycles. The monoisotopic (exact) mass is 345 g/mol. The minimum Gasteiger partial charge on any atom is -0.474 e. The molecule has 2 rings (SSSR count). The van der Waals surface area contributed by atoms with E-state index in [4.69, 9.17) is 9.47 Å². The Balaban J connectivity index is 1.95. The molecule has 0 aromatic carbocycles. The number of nitrogens with one attached hydrogen (secondary N) is 1. The van der Waals surface area contributed by atoms with Crippen molar-refractivity contribution in [3.05, 3.63) is 26.9 Å². The minimum absolute atomic E-state index is 0.0809. The van der Waals surface area contributed by atoms with Crippen LogP contribution in [0.15, 0.2) is 16.7 Å². The second-order valence-electron chi connectivity index (χ2n) is 5.18. The van der Waals surface area contributed by atoms with E-state index in [-0.39, 0.29) is 17.4 Å². The summed E-state index contributed by atoms with van der Waals surface area (Å²) >= 11 is 3.21. The third kappa shape index (κ3) is 3.87. The number of aromatic nitrogens is 1. The molecule has 0 aliphatic carbocycles. The molecule has 0 radical (unpaired) electrons. The molecule has 1 saturated heterocycles. The fourth-order valence-electron chi connectivity index (χ4n) is 1.95. The molecular weight excluding hydrogens is 330 g/mol. The second-order valence-corrected chi connectivity index (χ2v) is 6.03. The highest BCUT2D eigenvalue weighted by Crippen LogP contribution is 2.26. The van der Waals surface area contributed by atoms with Crippen LogP contribution in [0, 0.1) is 10.1 Å². The molecule has 1 aromatic heterocycles. The zero-order valence-corrected chi connectivity index (χ0v) is 12.8. The van der Waals surface area contributed by atoms with Crippen LogP contribution in [-0.4, -0.2) is 41.3 Å². The Bertz CT molecular complexity index is 509. The predicted octanol–water partition coefficient (Wildman–Crippen LogP) is 1.90. The summed E-state index contributed by atoms with van der Waals surface area (Å²) in [7, 11) is 0.